The molecule has 53 heavy (non-hydrogen) atoms. The number of anilines is 1. The standard InChI is InChI=1S/C39H60FN7O4SSi/c1-7-31-33(26(2)45-47(31)25-51-21-23-53(4,5)6)29-18-19-32(43-37(29)40)44-39(49)35(30-24-42-46(20-22-52(3)50)36(30)38(41)48)34(27-14-10-8-11-15-27)28-16-12-9-13-17-28/h18-19,24,27-28,34-35H,7-17,20-23,25H2,1-6H3,(H2,41,48)(H,43,44,49)/t35-,52?/m1/s1. The lowest BCUT2D eigenvalue weighted by Gasteiger charge is -2.41. The summed E-state index contributed by atoms with van der Waals surface area (Å²) in [5, 5.41) is 12.2. The third kappa shape index (κ3) is 10.4. The minimum Gasteiger partial charge on any atom is -0.617 e. The van der Waals surface area contributed by atoms with Crippen LogP contribution in [0, 0.1) is 30.6 Å². The normalized spacial score (nSPS) is 17.3. The van der Waals surface area contributed by atoms with Crippen LogP contribution in [0.1, 0.15) is 104 Å². The number of nitrogens with two attached hydrogens (primary N) is 1. The number of carbonyl (C=O) groups excluding carboxylic acids is 2. The first kappa shape index (κ1) is 41.1. The van der Waals surface area contributed by atoms with Gasteiger partial charge in [-0.3, -0.25) is 14.3 Å². The van der Waals surface area contributed by atoms with Gasteiger partial charge in [-0.1, -0.05) is 102 Å². The van der Waals surface area contributed by atoms with Crippen molar-refractivity contribution in [3.05, 3.63) is 46.9 Å². The Morgan fingerprint density at radius 1 is 1.08 bits per heavy atom. The molecule has 3 N–H and O–H groups in total. The molecule has 3 aromatic rings. The molecule has 0 saturated heterocycles. The second kappa shape index (κ2) is 18.5. The van der Waals surface area contributed by atoms with Crippen molar-refractivity contribution >= 4 is 36.9 Å². The molecule has 0 aliphatic heterocycles. The zero-order valence-electron chi connectivity index (χ0n) is 32.6. The smallest absolute Gasteiger partial charge is 0.267 e. The number of nitrogens with one attached hydrogen (secondary N) is 1. The maximum Gasteiger partial charge on any atom is 0.267 e. The van der Waals surface area contributed by atoms with Crippen molar-refractivity contribution < 1.29 is 23.3 Å². The van der Waals surface area contributed by atoms with Gasteiger partial charge in [-0.2, -0.15) is 14.6 Å². The number of aromatic nitrogens is 5. The Hall–Kier alpha value is -3.07. The third-order valence-electron chi connectivity index (χ3n) is 11.2. The first-order valence-corrected chi connectivity index (χ1v) is 25.0. The molecule has 3 heterocycles. The number of halogens is 1. The summed E-state index contributed by atoms with van der Waals surface area (Å²) in [7, 11) is -1.24. The van der Waals surface area contributed by atoms with Crippen molar-refractivity contribution in [1.29, 1.82) is 0 Å². The van der Waals surface area contributed by atoms with Crippen molar-refractivity contribution in [2.75, 3.05) is 23.9 Å². The van der Waals surface area contributed by atoms with Crippen LogP contribution in [-0.4, -0.2) is 67.6 Å². The highest BCUT2D eigenvalue weighted by Crippen LogP contribution is 2.48. The second-order valence-corrected chi connectivity index (χ2v) is 23.5. The minimum atomic E-state index is -1.24. The Kier molecular flexibility index (Phi) is 14.4. The van der Waals surface area contributed by atoms with E-state index in [4.69, 9.17) is 15.6 Å². The molecule has 1 unspecified atom stereocenters. The predicted molar refractivity (Wildman–Crippen MR) is 211 cm³/mol. The second-order valence-electron chi connectivity index (χ2n) is 16.3. The number of rotatable bonds is 17. The van der Waals surface area contributed by atoms with Gasteiger partial charge in [0, 0.05) is 37.1 Å². The monoisotopic (exact) mass is 769 g/mol. The minimum absolute atomic E-state index is 0.0515. The van der Waals surface area contributed by atoms with E-state index in [9.17, 15) is 14.1 Å². The number of carbonyl (C=O) groups is 2. The molecular formula is C39H60FN7O4SSi. The molecule has 0 bridgehead atoms. The SMILES string of the molecule is CCc1c(-c2ccc(NC(=O)[C@H](c3cnn(CC[S+](C)[O-])c3C(N)=O)C(C3CCCCC3)C3CCCCC3)nc2F)c(C)nn1COCC[Si](C)(C)C. The van der Waals surface area contributed by atoms with Gasteiger partial charge in [0.05, 0.1) is 30.6 Å². The number of primary amides is 1. The molecule has 2 aliphatic rings. The first-order valence-electron chi connectivity index (χ1n) is 19.6. The summed E-state index contributed by atoms with van der Waals surface area (Å²) in [6, 6.07) is 4.34. The zero-order chi connectivity index (χ0) is 38.3. The molecule has 11 nitrogen and oxygen atoms in total. The molecule has 14 heteroatoms. The zero-order valence-corrected chi connectivity index (χ0v) is 34.4. The molecule has 0 aromatic carbocycles. The van der Waals surface area contributed by atoms with E-state index in [1.54, 1.807) is 29.3 Å². The number of nitrogens with zero attached hydrogens (tertiary/aromatic N) is 5. The molecule has 292 valence electrons. The number of pyridine rings is 1. The van der Waals surface area contributed by atoms with Crippen molar-refractivity contribution in [3.8, 4) is 11.1 Å². The van der Waals surface area contributed by atoms with Crippen molar-refractivity contribution in [1.82, 2.24) is 24.5 Å². The summed E-state index contributed by atoms with van der Waals surface area (Å²) in [6.45, 7) is 12.0. The fraction of sp³-hybridized carbons (Fsp3) is 0.667. The average molecular weight is 770 g/mol. The summed E-state index contributed by atoms with van der Waals surface area (Å²) in [4.78, 5) is 32.1. The van der Waals surface area contributed by atoms with Gasteiger partial charge in [0.25, 0.3) is 5.91 Å². The van der Waals surface area contributed by atoms with Gasteiger partial charge in [0.2, 0.25) is 11.9 Å². The summed E-state index contributed by atoms with van der Waals surface area (Å²) in [5.41, 5.74) is 9.21. The number of aryl methyl sites for hydroxylation is 2. The molecule has 3 aromatic heterocycles. The van der Waals surface area contributed by atoms with E-state index >= 15 is 4.39 Å². The highest BCUT2D eigenvalue weighted by molar-refractivity contribution is 7.90. The Bertz CT molecular complexity index is 1680. The van der Waals surface area contributed by atoms with Gasteiger partial charge >= 0.3 is 0 Å². The fourth-order valence-corrected chi connectivity index (χ4v) is 9.83. The van der Waals surface area contributed by atoms with E-state index in [2.05, 4.69) is 35.0 Å². The highest BCUT2D eigenvalue weighted by atomic mass is 32.2. The van der Waals surface area contributed by atoms with Gasteiger partial charge in [-0.05, 0) is 49.3 Å². The number of hydrogen-bond acceptors (Lipinski definition) is 7. The summed E-state index contributed by atoms with van der Waals surface area (Å²) >= 11 is -1.11. The van der Waals surface area contributed by atoms with E-state index in [0.29, 0.717) is 47.9 Å². The fourth-order valence-electron chi connectivity index (χ4n) is 8.64. The van der Waals surface area contributed by atoms with Crippen LogP contribution in [-0.2, 0) is 40.4 Å². The van der Waals surface area contributed by atoms with Crippen LogP contribution in [0.25, 0.3) is 11.1 Å². The molecule has 5 rings (SSSR count). The van der Waals surface area contributed by atoms with Crippen molar-refractivity contribution in [3.63, 3.8) is 0 Å². The van der Waals surface area contributed by atoms with Crippen LogP contribution in [0.4, 0.5) is 10.2 Å². The number of amides is 2. The summed E-state index contributed by atoms with van der Waals surface area (Å²) < 4.78 is 37.4. The van der Waals surface area contributed by atoms with Crippen molar-refractivity contribution in [2.24, 2.45) is 23.5 Å². The first-order chi connectivity index (χ1) is 25.3. The molecule has 2 fully saturated rings. The molecule has 2 aliphatic carbocycles. The van der Waals surface area contributed by atoms with Crippen LogP contribution in [0.2, 0.25) is 25.7 Å². The van der Waals surface area contributed by atoms with E-state index in [1.165, 1.54) is 17.5 Å². The van der Waals surface area contributed by atoms with Crippen LogP contribution in [0.5, 0.6) is 0 Å². The topological polar surface area (TPSA) is 153 Å². The molecule has 2 atom stereocenters. The van der Waals surface area contributed by atoms with Gasteiger partial charge in [-0.25, -0.2) is 9.67 Å². The lowest BCUT2D eigenvalue weighted by Crippen LogP contribution is -2.39. The van der Waals surface area contributed by atoms with E-state index in [-0.39, 0.29) is 41.7 Å². The van der Waals surface area contributed by atoms with Gasteiger partial charge in [0.15, 0.2) is 0 Å². The van der Waals surface area contributed by atoms with Gasteiger partial charge < -0.3 is 20.3 Å². The maximum atomic E-state index is 16.1. The average Bonchev–Trinajstić information content (AvgIpc) is 3.68. The van der Waals surface area contributed by atoms with Crippen LogP contribution in [0.15, 0.2) is 18.3 Å². The van der Waals surface area contributed by atoms with E-state index in [0.717, 1.165) is 63.1 Å². The quantitative estimate of drug-likeness (QED) is 0.0627. The number of hydrogen-bond donors (Lipinski definition) is 2. The van der Waals surface area contributed by atoms with E-state index < -0.39 is 37.0 Å². The molecule has 0 radical (unpaired) electrons. The molecule has 2 saturated carbocycles. The Morgan fingerprint density at radius 3 is 2.26 bits per heavy atom. The predicted octanol–water partition coefficient (Wildman–Crippen LogP) is 7.44. The Balaban J connectivity index is 1.48. The van der Waals surface area contributed by atoms with Crippen LogP contribution in [0.3, 0.4) is 0 Å². The Labute approximate surface area is 318 Å². The van der Waals surface area contributed by atoms with Crippen LogP contribution >= 0.6 is 0 Å². The third-order valence-corrected chi connectivity index (χ3v) is 13.7. The molecule has 0 spiro atoms. The lowest BCUT2D eigenvalue weighted by molar-refractivity contribution is -0.120. The largest absolute Gasteiger partial charge is 0.617 e. The lowest BCUT2D eigenvalue weighted by atomic mass is 9.63. The van der Waals surface area contributed by atoms with E-state index in [1.807, 2.05) is 13.8 Å². The summed E-state index contributed by atoms with van der Waals surface area (Å²) in [6.07, 6.45) is 14.6. The Morgan fingerprint density at radius 2 is 1.72 bits per heavy atom. The summed E-state index contributed by atoms with van der Waals surface area (Å²) in [5.74, 6) is -1.56. The van der Waals surface area contributed by atoms with Crippen molar-refractivity contribution in [2.45, 2.75) is 129 Å². The molecular weight excluding hydrogens is 710 g/mol. The highest BCUT2D eigenvalue weighted by Gasteiger charge is 2.43. The van der Waals surface area contributed by atoms with Gasteiger partial charge in [-0.15, -0.1) is 0 Å². The molecule has 2 amide bonds. The number of ether oxygens (including phenoxy) is 1. The van der Waals surface area contributed by atoms with Crippen LogP contribution < -0.4 is 11.1 Å². The van der Waals surface area contributed by atoms with Gasteiger partial charge in [0.1, 0.15) is 24.0 Å². The maximum absolute atomic E-state index is 16.1.